The van der Waals surface area contributed by atoms with Gasteiger partial charge in [-0.3, -0.25) is 19.3 Å². The number of hydrogen-bond acceptors (Lipinski definition) is 5. The number of aromatic nitrogens is 3. The van der Waals surface area contributed by atoms with E-state index in [0.29, 0.717) is 32.7 Å². The van der Waals surface area contributed by atoms with Gasteiger partial charge >= 0.3 is 0 Å². The summed E-state index contributed by atoms with van der Waals surface area (Å²) in [6.07, 6.45) is 1.98. The number of pyridine rings is 1. The molecule has 2 aromatic rings. The Kier molecular flexibility index (Phi) is 5.76. The first kappa shape index (κ1) is 20.4. The molecule has 0 aromatic carbocycles. The molecular weight excluding hydrogens is 396 g/mol. The lowest BCUT2D eigenvalue weighted by molar-refractivity contribution is -0.122. The van der Waals surface area contributed by atoms with Crippen molar-refractivity contribution in [2.45, 2.75) is 25.5 Å². The number of fused-ring (bicyclic) bond motifs is 1. The molecule has 2 amide bonds. The fraction of sp³-hybridized carbons (Fsp3) is 0.500. The predicted molar refractivity (Wildman–Crippen MR) is 101 cm³/mol. The number of likely N-dealkylation sites (tertiary alicyclic amines) is 1. The zero-order valence-electron chi connectivity index (χ0n) is 16.5. The molecule has 4 heterocycles. The van der Waals surface area contributed by atoms with Crippen LogP contribution in [-0.4, -0.2) is 57.3 Å². The number of amides is 2. The van der Waals surface area contributed by atoms with Gasteiger partial charge in [0.1, 0.15) is 5.69 Å². The van der Waals surface area contributed by atoms with Crippen molar-refractivity contribution in [1.29, 1.82) is 0 Å². The summed E-state index contributed by atoms with van der Waals surface area (Å²) < 4.78 is 33.4. The highest BCUT2D eigenvalue weighted by molar-refractivity contribution is 5.95. The maximum Gasteiger partial charge on any atom is 0.282 e. The molecular formula is C20H23F2N5O3. The van der Waals surface area contributed by atoms with Gasteiger partial charge in [-0.05, 0) is 17.5 Å². The minimum atomic E-state index is -2.82. The number of aryl methyl sites for hydroxylation is 1. The summed E-state index contributed by atoms with van der Waals surface area (Å²) in [4.78, 5) is 30.7. The molecule has 2 saturated heterocycles. The second kappa shape index (κ2) is 8.47. The minimum Gasteiger partial charge on any atom is -0.376 e. The van der Waals surface area contributed by atoms with Gasteiger partial charge in [0.05, 0.1) is 18.3 Å². The monoisotopic (exact) mass is 419 g/mol. The van der Waals surface area contributed by atoms with Crippen LogP contribution in [-0.2, 0) is 23.1 Å². The number of nitrogens with one attached hydrogen (secondary N) is 1. The third-order valence-corrected chi connectivity index (χ3v) is 5.68. The number of carbonyl (C=O) groups excluding carboxylic acids is 2. The van der Waals surface area contributed by atoms with Crippen LogP contribution in [0.25, 0.3) is 0 Å². The van der Waals surface area contributed by atoms with Gasteiger partial charge in [0.25, 0.3) is 12.3 Å². The van der Waals surface area contributed by atoms with Crippen LogP contribution >= 0.6 is 0 Å². The standard InChI is InChI=1S/C20H23F2N5O3/c1-26-8-15(18(25-26)19(21)22)20(29)27-9-14-13(11-30-16(14)10-27)5-17(28)24-7-12-3-2-4-23-6-12/h2-4,6,8,13-14,16,19H,5,7,9-11H2,1H3,(H,24,28)/t13-,14-,16-/m1/s1. The molecule has 3 atom stereocenters. The quantitative estimate of drug-likeness (QED) is 0.767. The largest absolute Gasteiger partial charge is 0.376 e. The molecule has 4 rings (SSSR count). The molecule has 160 valence electrons. The summed E-state index contributed by atoms with van der Waals surface area (Å²) in [5.74, 6) is -0.587. The summed E-state index contributed by atoms with van der Waals surface area (Å²) in [5, 5.41) is 6.58. The van der Waals surface area contributed by atoms with Crippen LogP contribution in [0.4, 0.5) is 8.78 Å². The minimum absolute atomic E-state index is 0.00441. The average Bonchev–Trinajstić information content (AvgIpc) is 3.42. The van der Waals surface area contributed by atoms with E-state index in [4.69, 9.17) is 4.74 Å². The smallest absolute Gasteiger partial charge is 0.282 e. The topological polar surface area (TPSA) is 89.4 Å². The van der Waals surface area contributed by atoms with E-state index in [9.17, 15) is 18.4 Å². The van der Waals surface area contributed by atoms with E-state index < -0.39 is 18.0 Å². The molecule has 2 fully saturated rings. The number of nitrogens with zero attached hydrogens (tertiary/aromatic N) is 4. The Labute approximate surface area is 172 Å². The Morgan fingerprint density at radius 2 is 2.20 bits per heavy atom. The van der Waals surface area contributed by atoms with Crippen LogP contribution in [0.5, 0.6) is 0 Å². The molecule has 0 aliphatic carbocycles. The number of carbonyl (C=O) groups is 2. The number of rotatable bonds is 6. The highest BCUT2D eigenvalue weighted by atomic mass is 19.3. The molecule has 2 aliphatic rings. The van der Waals surface area contributed by atoms with Crippen LogP contribution in [0.15, 0.2) is 30.7 Å². The van der Waals surface area contributed by atoms with E-state index in [2.05, 4.69) is 15.4 Å². The fourth-order valence-corrected chi connectivity index (χ4v) is 4.19. The fourth-order valence-electron chi connectivity index (χ4n) is 4.19. The van der Waals surface area contributed by atoms with Gasteiger partial charge in [0.15, 0.2) is 0 Å². The summed E-state index contributed by atoms with van der Waals surface area (Å²) in [7, 11) is 1.50. The first-order valence-electron chi connectivity index (χ1n) is 9.80. The van der Waals surface area contributed by atoms with E-state index in [1.54, 1.807) is 12.4 Å². The number of hydrogen-bond donors (Lipinski definition) is 1. The SMILES string of the molecule is Cn1cc(C(=O)N2C[C@@H]3[C@H](CC(=O)NCc4cccnc4)CO[C@@H]3C2)c(C(F)F)n1. The number of halogens is 2. The molecule has 0 spiro atoms. The van der Waals surface area contributed by atoms with Crippen LogP contribution in [0.1, 0.15) is 34.5 Å². The van der Waals surface area contributed by atoms with Crippen molar-refractivity contribution in [2.24, 2.45) is 18.9 Å². The summed E-state index contributed by atoms with van der Waals surface area (Å²) >= 11 is 0. The average molecular weight is 419 g/mol. The van der Waals surface area contributed by atoms with Crippen molar-refractivity contribution in [3.63, 3.8) is 0 Å². The normalized spacial score (nSPS) is 23.1. The van der Waals surface area contributed by atoms with Crippen molar-refractivity contribution < 1.29 is 23.1 Å². The zero-order valence-corrected chi connectivity index (χ0v) is 16.5. The second-order valence-corrected chi connectivity index (χ2v) is 7.75. The van der Waals surface area contributed by atoms with E-state index in [1.807, 2.05) is 12.1 Å². The third-order valence-electron chi connectivity index (χ3n) is 5.68. The molecule has 0 saturated carbocycles. The van der Waals surface area contributed by atoms with Crippen molar-refractivity contribution in [2.75, 3.05) is 19.7 Å². The lowest BCUT2D eigenvalue weighted by Gasteiger charge is -2.19. The van der Waals surface area contributed by atoms with Gasteiger partial charge in [-0.1, -0.05) is 6.07 Å². The van der Waals surface area contributed by atoms with E-state index in [1.165, 1.54) is 22.8 Å². The number of alkyl halides is 2. The highest BCUT2D eigenvalue weighted by Crippen LogP contribution is 2.36. The summed E-state index contributed by atoms with van der Waals surface area (Å²) in [6, 6.07) is 3.69. The highest BCUT2D eigenvalue weighted by Gasteiger charge is 2.46. The molecule has 0 unspecified atom stereocenters. The van der Waals surface area contributed by atoms with Gasteiger partial charge in [0, 0.05) is 57.6 Å². The van der Waals surface area contributed by atoms with Crippen LogP contribution < -0.4 is 5.32 Å². The van der Waals surface area contributed by atoms with Gasteiger partial charge in [-0.15, -0.1) is 0 Å². The molecule has 8 nitrogen and oxygen atoms in total. The van der Waals surface area contributed by atoms with E-state index >= 15 is 0 Å². The Morgan fingerprint density at radius 1 is 1.37 bits per heavy atom. The van der Waals surface area contributed by atoms with Crippen molar-refractivity contribution in [3.8, 4) is 0 Å². The molecule has 2 aromatic heterocycles. The molecule has 2 aliphatic heterocycles. The van der Waals surface area contributed by atoms with Gasteiger partial charge in [-0.25, -0.2) is 8.78 Å². The van der Waals surface area contributed by atoms with E-state index in [-0.39, 0.29) is 29.4 Å². The Morgan fingerprint density at radius 3 is 2.93 bits per heavy atom. The van der Waals surface area contributed by atoms with Gasteiger partial charge in [0.2, 0.25) is 5.91 Å². The molecule has 0 radical (unpaired) electrons. The molecule has 30 heavy (non-hydrogen) atoms. The zero-order chi connectivity index (χ0) is 21.3. The Hall–Kier alpha value is -2.88. The molecule has 1 N–H and O–H groups in total. The summed E-state index contributed by atoms with van der Waals surface area (Å²) in [5.41, 5.74) is 0.320. The van der Waals surface area contributed by atoms with Gasteiger partial charge < -0.3 is 15.0 Å². The van der Waals surface area contributed by atoms with Crippen LogP contribution in [0.3, 0.4) is 0 Å². The third kappa shape index (κ3) is 4.18. The Bertz CT molecular complexity index is 920. The van der Waals surface area contributed by atoms with Crippen molar-refractivity contribution in [1.82, 2.24) is 25.0 Å². The Balaban J connectivity index is 1.35. The second-order valence-electron chi connectivity index (χ2n) is 7.75. The molecule has 10 heteroatoms. The van der Waals surface area contributed by atoms with Crippen LogP contribution in [0, 0.1) is 11.8 Å². The van der Waals surface area contributed by atoms with Gasteiger partial charge in [-0.2, -0.15) is 5.10 Å². The van der Waals surface area contributed by atoms with Crippen LogP contribution in [0.2, 0.25) is 0 Å². The van der Waals surface area contributed by atoms with Crippen molar-refractivity contribution in [3.05, 3.63) is 47.5 Å². The first-order valence-corrected chi connectivity index (χ1v) is 9.80. The maximum atomic E-state index is 13.2. The summed E-state index contributed by atoms with van der Waals surface area (Å²) in [6.45, 7) is 1.56. The molecule has 0 bridgehead atoms. The lowest BCUT2D eigenvalue weighted by Crippen LogP contribution is -2.33. The van der Waals surface area contributed by atoms with E-state index in [0.717, 1.165) is 5.56 Å². The number of ether oxygens (including phenoxy) is 1. The predicted octanol–water partition coefficient (Wildman–Crippen LogP) is 1.55. The van der Waals surface area contributed by atoms with Crippen molar-refractivity contribution >= 4 is 11.8 Å². The first-order chi connectivity index (χ1) is 14.4. The maximum absolute atomic E-state index is 13.2. The lowest BCUT2D eigenvalue weighted by atomic mass is 9.90.